The summed E-state index contributed by atoms with van der Waals surface area (Å²) in [6.07, 6.45) is 3.55. The molecule has 0 saturated carbocycles. The lowest BCUT2D eigenvalue weighted by molar-refractivity contribution is 0.0953. The molecule has 0 fully saturated rings. The van der Waals surface area contributed by atoms with Gasteiger partial charge in [0.2, 0.25) is 0 Å². The fraction of sp³-hybridized carbons (Fsp3) is 0.286. The Balaban J connectivity index is 2.31. The number of hydrogen-bond acceptors (Lipinski definition) is 4. The number of amides is 1. The van der Waals surface area contributed by atoms with Gasteiger partial charge in [0.25, 0.3) is 5.91 Å². The van der Waals surface area contributed by atoms with E-state index in [1.54, 1.807) is 17.5 Å². The van der Waals surface area contributed by atoms with Crippen molar-refractivity contribution in [2.75, 3.05) is 12.4 Å². The number of rotatable bonds is 4. The lowest BCUT2D eigenvalue weighted by atomic mass is 10.4. The van der Waals surface area contributed by atoms with Crippen molar-refractivity contribution < 1.29 is 4.79 Å². The van der Waals surface area contributed by atoms with Gasteiger partial charge in [-0.3, -0.25) is 4.79 Å². The molecule has 1 rings (SSSR count). The number of hydrogen-bond donors (Lipinski definition) is 1. The molecule has 0 bridgehead atoms. The molecule has 1 heterocycles. The number of nitrogens with one attached hydrogen (secondary N) is 1. The highest BCUT2D eigenvalue weighted by molar-refractivity contribution is 7.03. The van der Waals surface area contributed by atoms with Crippen molar-refractivity contribution in [2.45, 2.75) is 0 Å². The van der Waals surface area contributed by atoms with E-state index in [0.29, 0.717) is 18.1 Å². The summed E-state index contributed by atoms with van der Waals surface area (Å²) in [6, 6.07) is 0. The molecule has 0 aliphatic rings. The summed E-state index contributed by atoms with van der Waals surface area (Å²) in [5, 5.41) is 7.86. The Morgan fingerprint density at radius 1 is 1.69 bits per heavy atom. The SMILES string of the molecule is O=C(NC/C=C/CCl)c1csnn1. The third-order valence-electron chi connectivity index (χ3n) is 1.23. The molecule has 1 aromatic rings. The fourth-order valence-electron chi connectivity index (χ4n) is 0.652. The van der Waals surface area contributed by atoms with Crippen LogP contribution in [0.2, 0.25) is 0 Å². The Morgan fingerprint density at radius 2 is 2.54 bits per heavy atom. The molecular formula is C7H8ClN3OS. The van der Waals surface area contributed by atoms with Crippen molar-refractivity contribution in [2.24, 2.45) is 0 Å². The molecule has 1 N–H and O–H groups in total. The summed E-state index contributed by atoms with van der Waals surface area (Å²) >= 11 is 6.55. The van der Waals surface area contributed by atoms with Gasteiger partial charge < -0.3 is 5.32 Å². The monoisotopic (exact) mass is 217 g/mol. The Bertz CT molecular complexity index is 286. The minimum atomic E-state index is -0.215. The van der Waals surface area contributed by atoms with Gasteiger partial charge in [-0.2, -0.15) is 0 Å². The van der Waals surface area contributed by atoms with Crippen molar-refractivity contribution in [3.05, 3.63) is 23.2 Å². The predicted molar refractivity (Wildman–Crippen MR) is 52.1 cm³/mol. The van der Waals surface area contributed by atoms with Crippen LogP contribution in [0, 0.1) is 0 Å². The second-order valence-corrected chi connectivity index (χ2v) is 3.04. The molecule has 4 nitrogen and oxygen atoms in total. The zero-order chi connectivity index (χ0) is 9.52. The molecule has 1 aromatic heterocycles. The van der Waals surface area contributed by atoms with E-state index in [9.17, 15) is 4.79 Å². The summed E-state index contributed by atoms with van der Waals surface area (Å²) in [5.74, 6) is 0.238. The number of alkyl halides is 1. The molecule has 13 heavy (non-hydrogen) atoms. The van der Waals surface area contributed by atoms with E-state index in [2.05, 4.69) is 14.9 Å². The van der Waals surface area contributed by atoms with Crippen LogP contribution in [0.25, 0.3) is 0 Å². The highest BCUT2D eigenvalue weighted by Crippen LogP contribution is 1.95. The van der Waals surface area contributed by atoms with Gasteiger partial charge in [0.15, 0.2) is 5.69 Å². The Morgan fingerprint density at radius 3 is 3.15 bits per heavy atom. The predicted octanol–water partition coefficient (Wildman–Crippen LogP) is 1.06. The highest BCUT2D eigenvalue weighted by Gasteiger charge is 2.05. The normalized spacial score (nSPS) is 10.5. The van der Waals surface area contributed by atoms with Gasteiger partial charge >= 0.3 is 0 Å². The van der Waals surface area contributed by atoms with Gasteiger partial charge in [-0.1, -0.05) is 16.6 Å². The Labute approximate surface area is 84.8 Å². The van der Waals surface area contributed by atoms with Crippen LogP contribution in [0.4, 0.5) is 0 Å². The van der Waals surface area contributed by atoms with Gasteiger partial charge in [0.05, 0.1) is 0 Å². The van der Waals surface area contributed by atoms with Crippen LogP contribution in [0.1, 0.15) is 10.5 Å². The molecule has 0 aromatic carbocycles. The molecule has 70 valence electrons. The molecular weight excluding hydrogens is 210 g/mol. The number of nitrogens with zero attached hydrogens (tertiary/aromatic N) is 2. The standard InChI is InChI=1S/C7H8ClN3OS/c8-3-1-2-4-9-7(12)6-5-13-11-10-6/h1-2,5H,3-4H2,(H,9,12)/b2-1+. The van der Waals surface area contributed by atoms with E-state index < -0.39 is 0 Å². The van der Waals surface area contributed by atoms with Crippen LogP contribution in [0.3, 0.4) is 0 Å². The van der Waals surface area contributed by atoms with E-state index in [0.717, 1.165) is 11.5 Å². The fourth-order valence-corrected chi connectivity index (χ4v) is 1.21. The van der Waals surface area contributed by atoms with Crippen LogP contribution in [-0.2, 0) is 0 Å². The Kier molecular flexibility index (Phi) is 4.42. The van der Waals surface area contributed by atoms with E-state index >= 15 is 0 Å². The summed E-state index contributed by atoms with van der Waals surface area (Å²) < 4.78 is 3.58. The van der Waals surface area contributed by atoms with Crippen molar-refractivity contribution in [1.29, 1.82) is 0 Å². The summed E-state index contributed by atoms with van der Waals surface area (Å²) in [6.45, 7) is 0.461. The maximum Gasteiger partial charge on any atom is 0.272 e. The molecule has 1 amide bonds. The second kappa shape index (κ2) is 5.66. The van der Waals surface area contributed by atoms with E-state index in [-0.39, 0.29) is 5.91 Å². The topological polar surface area (TPSA) is 54.9 Å². The third-order valence-corrected chi connectivity index (χ3v) is 1.91. The summed E-state index contributed by atoms with van der Waals surface area (Å²) in [7, 11) is 0. The maximum atomic E-state index is 11.2. The molecule has 0 saturated heterocycles. The highest BCUT2D eigenvalue weighted by atomic mass is 35.5. The van der Waals surface area contributed by atoms with Crippen LogP contribution in [0.15, 0.2) is 17.5 Å². The zero-order valence-corrected chi connectivity index (χ0v) is 8.31. The minimum absolute atomic E-state index is 0.215. The van der Waals surface area contributed by atoms with Crippen molar-refractivity contribution >= 4 is 29.0 Å². The van der Waals surface area contributed by atoms with Crippen LogP contribution < -0.4 is 5.32 Å². The average Bonchev–Trinajstić information content (AvgIpc) is 2.65. The molecule has 0 aliphatic heterocycles. The van der Waals surface area contributed by atoms with Gasteiger partial charge in [0.1, 0.15) is 0 Å². The lowest BCUT2D eigenvalue weighted by Crippen LogP contribution is -2.23. The number of carbonyl (C=O) groups excluding carboxylic acids is 1. The first-order valence-electron chi connectivity index (χ1n) is 3.61. The van der Waals surface area contributed by atoms with Gasteiger partial charge in [0, 0.05) is 17.8 Å². The first kappa shape index (κ1) is 10.1. The van der Waals surface area contributed by atoms with E-state index in [1.807, 2.05) is 0 Å². The number of allylic oxidation sites excluding steroid dienone is 1. The maximum absolute atomic E-state index is 11.2. The first-order valence-corrected chi connectivity index (χ1v) is 4.98. The largest absolute Gasteiger partial charge is 0.347 e. The number of halogens is 1. The van der Waals surface area contributed by atoms with Crippen molar-refractivity contribution in [1.82, 2.24) is 14.9 Å². The first-order chi connectivity index (χ1) is 6.34. The van der Waals surface area contributed by atoms with E-state index in [4.69, 9.17) is 11.6 Å². The molecule has 0 spiro atoms. The minimum Gasteiger partial charge on any atom is -0.347 e. The van der Waals surface area contributed by atoms with Gasteiger partial charge in [-0.05, 0) is 11.5 Å². The molecule has 6 heteroatoms. The molecule has 0 radical (unpaired) electrons. The Hall–Kier alpha value is -0.940. The zero-order valence-electron chi connectivity index (χ0n) is 6.74. The van der Waals surface area contributed by atoms with Crippen molar-refractivity contribution in [3.63, 3.8) is 0 Å². The average molecular weight is 218 g/mol. The molecule has 0 unspecified atom stereocenters. The molecule has 0 aliphatic carbocycles. The van der Waals surface area contributed by atoms with Crippen LogP contribution in [-0.4, -0.2) is 27.9 Å². The second-order valence-electron chi connectivity index (χ2n) is 2.13. The quantitative estimate of drug-likeness (QED) is 0.606. The summed E-state index contributed by atoms with van der Waals surface area (Å²) in [5.41, 5.74) is 0.351. The molecule has 0 atom stereocenters. The van der Waals surface area contributed by atoms with Crippen LogP contribution in [0.5, 0.6) is 0 Å². The van der Waals surface area contributed by atoms with Gasteiger partial charge in [-0.25, -0.2) is 0 Å². The smallest absolute Gasteiger partial charge is 0.272 e. The lowest BCUT2D eigenvalue weighted by Gasteiger charge is -1.96. The van der Waals surface area contributed by atoms with Crippen LogP contribution >= 0.6 is 23.1 Å². The number of aromatic nitrogens is 2. The third kappa shape index (κ3) is 3.52. The van der Waals surface area contributed by atoms with E-state index in [1.165, 1.54) is 0 Å². The number of carbonyl (C=O) groups is 1. The van der Waals surface area contributed by atoms with Crippen molar-refractivity contribution in [3.8, 4) is 0 Å². The summed E-state index contributed by atoms with van der Waals surface area (Å²) in [4.78, 5) is 11.2. The van der Waals surface area contributed by atoms with Gasteiger partial charge in [-0.15, -0.1) is 16.7 Å².